The minimum Gasteiger partial charge on any atom is -0.437 e. The number of fused-ring (bicyclic) bond motifs is 2. The van der Waals surface area contributed by atoms with Crippen LogP contribution in [0.2, 0.25) is 0 Å². The second-order valence-corrected chi connectivity index (χ2v) is 10.2. The maximum Gasteiger partial charge on any atom is 0.227 e. The highest BCUT2D eigenvalue weighted by Gasteiger charge is 2.24. The predicted molar refractivity (Wildman–Crippen MR) is 105 cm³/mol. The molecule has 4 rings (SSSR count). The van der Waals surface area contributed by atoms with Crippen LogP contribution in [0.5, 0.6) is 0 Å². The number of hydrogen-bond acceptors (Lipinski definition) is 6. The Morgan fingerprint density at radius 3 is 2.41 bits per heavy atom. The third kappa shape index (κ3) is 3.73. The minimum absolute atomic E-state index is 0.223. The molecule has 0 saturated carbocycles. The van der Waals surface area contributed by atoms with Crippen LogP contribution in [0.1, 0.15) is 59.4 Å². The van der Waals surface area contributed by atoms with Crippen molar-refractivity contribution in [3.8, 4) is 0 Å². The monoisotopic (exact) mass is 403 g/mol. The van der Waals surface area contributed by atoms with E-state index in [2.05, 4.69) is 15.4 Å². The lowest BCUT2D eigenvalue weighted by Gasteiger charge is -2.14. The Bertz CT molecular complexity index is 963. The Balaban J connectivity index is 1.59. The van der Waals surface area contributed by atoms with Gasteiger partial charge >= 0.3 is 0 Å². The Hall–Kier alpha value is -1.57. The molecule has 27 heavy (non-hydrogen) atoms. The van der Waals surface area contributed by atoms with Crippen molar-refractivity contribution >= 4 is 27.8 Å². The fourth-order valence-corrected chi connectivity index (χ4v) is 5.87. The number of carbonyl (C=O) groups excluding carboxylic acids is 1. The lowest BCUT2D eigenvalue weighted by molar-refractivity contribution is -0.117. The van der Waals surface area contributed by atoms with Crippen LogP contribution in [0.25, 0.3) is 0 Å². The SMILES string of the molecule is CC(C)(O)c1cnc([S-](=O)=NC(=O)Cc2c3c(cc4c2CCC4)CCC3)s1. The average molecular weight is 404 g/mol. The number of aromatic nitrogens is 1. The van der Waals surface area contributed by atoms with E-state index in [1.54, 1.807) is 13.8 Å². The zero-order chi connectivity index (χ0) is 19.2. The molecule has 144 valence electrons. The first kappa shape index (κ1) is 18.8. The molecular formula is C20H23N2O3S2-. The molecule has 0 saturated heterocycles. The van der Waals surface area contributed by atoms with Gasteiger partial charge in [-0.05, 0) is 80.2 Å². The lowest BCUT2D eigenvalue weighted by atomic mass is 9.92. The highest BCUT2D eigenvalue weighted by atomic mass is 32.2. The van der Waals surface area contributed by atoms with E-state index in [1.165, 1.54) is 28.5 Å². The molecule has 1 aromatic heterocycles. The third-order valence-corrected chi connectivity index (χ3v) is 7.90. The normalized spacial score (nSPS) is 17.1. The molecule has 0 unspecified atom stereocenters. The van der Waals surface area contributed by atoms with Crippen LogP contribution in [0.15, 0.2) is 21.0 Å². The molecule has 2 aliphatic carbocycles. The van der Waals surface area contributed by atoms with E-state index in [4.69, 9.17) is 0 Å². The van der Waals surface area contributed by atoms with Gasteiger partial charge in [-0.1, -0.05) is 6.07 Å². The molecule has 0 spiro atoms. The number of thiazole rings is 1. The molecule has 1 aromatic carbocycles. The summed E-state index contributed by atoms with van der Waals surface area (Å²) in [5, 5.41) is 10.0. The van der Waals surface area contributed by atoms with E-state index in [-0.39, 0.29) is 16.7 Å². The number of amides is 1. The molecular weight excluding hydrogens is 380 g/mol. The topological polar surface area (TPSA) is 79.6 Å². The quantitative estimate of drug-likeness (QED) is 0.791. The molecule has 1 amide bonds. The van der Waals surface area contributed by atoms with Crippen LogP contribution in [-0.4, -0.2) is 16.0 Å². The second kappa shape index (κ2) is 7.11. The van der Waals surface area contributed by atoms with E-state index >= 15 is 0 Å². The third-order valence-electron chi connectivity index (χ3n) is 5.35. The highest BCUT2D eigenvalue weighted by molar-refractivity contribution is 7.77. The molecule has 1 heterocycles. The van der Waals surface area contributed by atoms with Crippen molar-refractivity contribution in [1.29, 1.82) is 0 Å². The van der Waals surface area contributed by atoms with Crippen LogP contribution >= 0.6 is 11.3 Å². The average Bonchev–Trinajstić information content (AvgIpc) is 3.33. The van der Waals surface area contributed by atoms with Crippen LogP contribution in [-0.2, 0) is 57.3 Å². The van der Waals surface area contributed by atoms with Crippen molar-refractivity contribution in [3.05, 3.63) is 45.0 Å². The largest absolute Gasteiger partial charge is 0.437 e. The van der Waals surface area contributed by atoms with E-state index in [0.717, 1.165) is 55.4 Å². The van der Waals surface area contributed by atoms with Gasteiger partial charge in [0, 0.05) is 10.5 Å². The predicted octanol–water partition coefficient (Wildman–Crippen LogP) is 3.62. The Morgan fingerprint density at radius 1 is 1.22 bits per heavy atom. The Morgan fingerprint density at radius 2 is 1.85 bits per heavy atom. The van der Waals surface area contributed by atoms with Crippen LogP contribution < -0.4 is 0 Å². The van der Waals surface area contributed by atoms with Gasteiger partial charge in [0.05, 0.1) is 16.9 Å². The Labute approximate surface area is 165 Å². The van der Waals surface area contributed by atoms with Crippen molar-refractivity contribution in [3.63, 3.8) is 0 Å². The van der Waals surface area contributed by atoms with Crippen LogP contribution in [0.4, 0.5) is 0 Å². The molecule has 0 fully saturated rings. The van der Waals surface area contributed by atoms with E-state index in [1.807, 2.05) is 0 Å². The van der Waals surface area contributed by atoms with Gasteiger partial charge in [0.25, 0.3) is 0 Å². The summed E-state index contributed by atoms with van der Waals surface area (Å²) < 4.78 is 16.6. The van der Waals surface area contributed by atoms with Crippen LogP contribution in [0.3, 0.4) is 0 Å². The van der Waals surface area contributed by atoms with Crippen molar-refractivity contribution in [2.45, 2.75) is 68.7 Å². The highest BCUT2D eigenvalue weighted by Crippen LogP contribution is 2.35. The maximum absolute atomic E-state index is 12.6. The van der Waals surface area contributed by atoms with E-state index in [9.17, 15) is 14.1 Å². The Kier molecular flexibility index (Phi) is 4.94. The number of carbonyl (C=O) groups is 1. The number of aliphatic hydroxyl groups is 1. The van der Waals surface area contributed by atoms with E-state index in [0.29, 0.717) is 4.88 Å². The number of benzene rings is 1. The van der Waals surface area contributed by atoms with Gasteiger partial charge in [0.1, 0.15) is 0 Å². The first-order valence-electron chi connectivity index (χ1n) is 9.33. The summed E-state index contributed by atoms with van der Waals surface area (Å²) in [5.74, 6) is -0.359. The zero-order valence-corrected chi connectivity index (χ0v) is 17.2. The summed E-state index contributed by atoms with van der Waals surface area (Å²) in [6.07, 6.45) is 8.22. The number of aryl methyl sites for hydroxylation is 2. The summed E-state index contributed by atoms with van der Waals surface area (Å²) in [5.41, 5.74) is 5.50. The first-order chi connectivity index (χ1) is 12.8. The summed E-state index contributed by atoms with van der Waals surface area (Å²) in [4.78, 5) is 17.2. The van der Waals surface area contributed by atoms with Gasteiger partial charge in [-0.15, -0.1) is 21.9 Å². The molecule has 0 radical (unpaired) electrons. The lowest BCUT2D eigenvalue weighted by Crippen LogP contribution is -2.12. The summed E-state index contributed by atoms with van der Waals surface area (Å²) in [6, 6.07) is 2.33. The summed E-state index contributed by atoms with van der Waals surface area (Å²) in [6.45, 7) is 3.29. The molecule has 0 bridgehead atoms. The van der Waals surface area contributed by atoms with Crippen LogP contribution in [0, 0.1) is 0 Å². The molecule has 2 aromatic rings. The smallest absolute Gasteiger partial charge is 0.227 e. The van der Waals surface area contributed by atoms with Gasteiger partial charge in [0.2, 0.25) is 5.91 Å². The maximum atomic E-state index is 12.6. The van der Waals surface area contributed by atoms with E-state index < -0.39 is 16.2 Å². The van der Waals surface area contributed by atoms with Crippen molar-refractivity contribution in [2.24, 2.45) is 4.36 Å². The number of hydrogen-bond donors (Lipinski definition) is 1. The molecule has 5 nitrogen and oxygen atoms in total. The first-order valence-corrected chi connectivity index (χ1v) is 11.3. The van der Waals surface area contributed by atoms with Gasteiger partial charge in [-0.2, -0.15) is 0 Å². The molecule has 0 aliphatic heterocycles. The van der Waals surface area contributed by atoms with Crippen molar-refractivity contribution in [2.75, 3.05) is 0 Å². The zero-order valence-electron chi connectivity index (χ0n) is 15.6. The van der Waals surface area contributed by atoms with Gasteiger partial charge in [-0.3, -0.25) is 9.78 Å². The molecule has 1 N–H and O–H groups in total. The minimum atomic E-state index is -1.83. The molecule has 2 aliphatic rings. The number of rotatable bonds is 4. The van der Waals surface area contributed by atoms with Gasteiger partial charge in [-0.25, -0.2) is 0 Å². The van der Waals surface area contributed by atoms with Gasteiger partial charge < -0.3 is 13.7 Å². The standard InChI is InChI=1S/C20H23N2O3S2/c1-20(2,24)17-11-21-19(26-17)27(25)22-18(23)10-16-14-7-3-5-12(14)9-13-6-4-8-15(13)16/h9,11,24H,3-8,10H2,1-2H3/q-1. The van der Waals surface area contributed by atoms with Crippen molar-refractivity contribution < 1.29 is 14.1 Å². The summed E-state index contributed by atoms with van der Waals surface area (Å²) >= 11 is 1.13. The number of nitrogens with zero attached hydrogens (tertiary/aromatic N) is 2. The fourth-order valence-electron chi connectivity index (χ4n) is 4.08. The molecule has 7 heteroatoms. The van der Waals surface area contributed by atoms with Gasteiger partial charge in [0.15, 0.2) is 0 Å². The van der Waals surface area contributed by atoms with Crippen molar-refractivity contribution in [1.82, 2.24) is 4.98 Å². The summed E-state index contributed by atoms with van der Waals surface area (Å²) in [7, 11) is -1.83. The molecule has 0 atom stereocenters. The second-order valence-electron chi connectivity index (χ2n) is 7.80. The fraction of sp³-hybridized carbons (Fsp3) is 0.500.